The van der Waals surface area contributed by atoms with Crippen LogP contribution < -0.4 is 5.73 Å². The van der Waals surface area contributed by atoms with Crippen molar-refractivity contribution in [3.63, 3.8) is 0 Å². The van der Waals surface area contributed by atoms with Crippen LogP contribution in [0.4, 0.5) is 0 Å². The Morgan fingerprint density at radius 2 is 1.58 bits per heavy atom. The van der Waals surface area contributed by atoms with Crippen LogP contribution in [0.2, 0.25) is 0 Å². The molecule has 0 bridgehead atoms. The number of rotatable bonds is 6. The summed E-state index contributed by atoms with van der Waals surface area (Å²) in [7, 11) is 0. The third kappa shape index (κ3) is 3.50. The predicted molar refractivity (Wildman–Crippen MR) is 82.3 cm³/mol. The molecule has 0 aromatic carbocycles. The Morgan fingerprint density at radius 1 is 1.00 bits per heavy atom. The molecule has 0 spiro atoms. The highest BCUT2D eigenvalue weighted by Crippen LogP contribution is 2.29. The van der Waals surface area contributed by atoms with E-state index in [0.717, 1.165) is 12.5 Å². The van der Waals surface area contributed by atoms with Crippen molar-refractivity contribution in [1.82, 2.24) is 9.80 Å². The molecule has 0 unspecified atom stereocenters. The van der Waals surface area contributed by atoms with Crippen molar-refractivity contribution in [3.8, 4) is 0 Å². The second-order valence-corrected chi connectivity index (χ2v) is 6.57. The van der Waals surface area contributed by atoms with E-state index in [1.807, 2.05) is 0 Å². The molecule has 0 saturated carbocycles. The summed E-state index contributed by atoms with van der Waals surface area (Å²) in [5, 5.41) is 0. The lowest BCUT2D eigenvalue weighted by atomic mass is 9.86. The molecule has 2 aliphatic rings. The monoisotopic (exact) mass is 267 g/mol. The van der Waals surface area contributed by atoms with E-state index < -0.39 is 0 Å². The minimum absolute atomic E-state index is 0.276. The summed E-state index contributed by atoms with van der Waals surface area (Å²) >= 11 is 0. The fourth-order valence-corrected chi connectivity index (χ4v) is 4.04. The van der Waals surface area contributed by atoms with Crippen LogP contribution in [-0.2, 0) is 0 Å². The van der Waals surface area contributed by atoms with Crippen molar-refractivity contribution < 1.29 is 0 Å². The minimum atomic E-state index is 0.276. The molecule has 2 fully saturated rings. The van der Waals surface area contributed by atoms with E-state index in [1.165, 1.54) is 71.2 Å². The van der Waals surface area contributed by atoms with Crippen molar-refractivity contribution in [2.24, 2.45) is 11.7 Å². The summed E-state index contributed by atoms with van der Waals surface area (Å²) in [6.45, 7) is 12.0. The largest absolute Gasteiger partial charge is 0.329 e. The standard InChI is InChI=1S/C16H33N3/c1-3-16(4-2,14-17)19-11-7-15(8-12-19)13-18-9-5-6-10-18/h15H,3-14,17H2,1-2H3. The van der Waals surface area contributed by atoms with Gasteiger partial charge in [0, 0.05) is 18.6 Å². The summed E-state index contributed by atoms with van der Waals surface area (Å²) < 4.78 is 0. The van der Waals surface area contributed by atoms with E-state index in [9.17, 15) is 0 Å². The zero-order valence-electron chi connectivity index (χ0n) is 13.0. The van der Waals surface area contributed by atoms with Gasteiger partial charge in [-0.25, -0.2) is 0 Å². The molecule has 112 valence electrons. The first kappa shape index (κ1) is 15.3. The Morgan fingerprint density at radius 3 is 2.05 bits per heavy atom. The van der Waals surface area contributed by atoms with Crippen molar-refractivity contribution in [2.45, 2.75) is 57.9 Å². The average Bonchev–Trinajstić information content (AvgIpc) is 2.96. The molecule has 2 N–H and O–H groups in total. The van der Waals surface area contributed by atoms with Gasteiger partial charge in [0.25, 0.3) is 0 Å². The lowest BCUT2D eigenvalue weighted by Gasteiger charge is -2.46. The summed E-state index contributed by atoms with van der Waals surface area (Å²) in [5.74, 6) is 0.929. The summed E-state index contributed by atoms with van der Waals surface area (Å²) in [4.78, 5) is 5.36. The highest BCUT2D eigenvalue weighted by Gasteiger charge is 2.34. The van der Waals surface area contributed by atoms with Crippen LogP contribution in [0.1, 0.15) is 52.4 Å². The van der Waals surface area contributed by atoms with Gasteiger partial charge in [-0.1, -0.05) is 13.8 Å². The van der Waals surface area contributed by atoms with E-state index in [1.54, 1.807) is 0 Å². The van der Waals surface area contributed by atoms with Crippen molar-refractivity contribution in [1.29, 1.82) is 0 Å². The lowest BCUT2D eigenvalue weighted by molar-refractivity contribution is 0.0421. The van der Waals surface area contributed by atoms with Crippen molar-refractivity contribution in [3.05, 3.63) is 0 Å². The van der Waals surface area contributed by atoms with Crippen LogP contribution in [0.5, 0.6) is 0 Å². The molecule has 0 amide bonds. The molecule has 3 nitrogen and oxygen atoms in total. The molecule has 0 radical (unpaired) electrons. The topological polar surface area (TPSA) is 32.5 Å². The van der Waals surface area contributed by atoms with E-state index in [-0.39, 0.29) is 5.54 Å². The molecule has 2 heterocycles. The van der Waals surface area contributed by atoms with Crippen molar-refractivity contribution >= 4 is 0 Å². The van der Waals surface area contributed by atoms with Gasteiger partial charge < -0.3 is 10.6 Å². The Labute approximate surface area is 119 Å². The van der Waals surface area contributed by atoms with Gasteiger partial charge in [0.15, 0.2) is 0 Å². The zero-order chi connectivity index (χ0) is 13.7. The first-order valence-corrected chi connectivity index (χ1v) is 8.41. The number of hydrogen-bond acceptors (Lipinski definition) is 3. The number of nitrogens with two attached hydrogens (primary N) is 1. The summed E-state index contributed by atoms with van der Waals surface area (Å²) in [5.41, 5.74) is 6.35. The highest BCUT2D eigenvalue weighted by atomic mass is 15.2. The van der Waals surface area contributed by atoms with Crippen LogP contribution in [0.25, 0.3) is 0 Å². The smallest absolute Gasteiger partial charge is 0.0326 e. The highest BCUT2D eigenvalue weighted by molar-refractivity contribution is 4.92. The molecule has 2 aliphatic heterocycles. The lowest BCUT2D eigenvalue weighted by Crippen LogP contribution is -2.56. The maximum atomic E-state index is 6.08. The fourth-order valence-electron chi connectivity index (χ4n) is 4.04. The van der Waals surface area contributed by atoms with Crippen LogP contribution in [0.15, 0.2) is 0 Å². The average molecular weight is 267 g/mol. The van der Waals surface area contributed by atoms with E-state index in [2.05, 4.69) is 23.6 Å². The van der Waals surface area contributed by atoms with Gasteiger partial charge in [-0.3, -0.25) is 4.90 Å². The summed E-state index contributed by atoms with van der Waals surface area (Å²) in [6, 6.07) is 0. The van der Waals surface area contributed by atoms with E-state index in [0.29, 0.717) is 0 Å². The quantitative estimate of drug-likeness (QED) is 0.801. The normalized spacial score (nSPS) is 24.2. The van der Waals surface area contributed by atoms with Gasteiger partial charge in [0.2, 0.25) is 0 Å². The Balaban J connectivity index is 1.80. The van der Waals surface area contributed by atoms with Crippen LogP contribution >= 0.6 is 0 Å². The predicted octanol–water partition coefficient (Wildman–Crippen LogP) is 2.31. The molecule has 0 atom stereocenters. The molecule has 0 aromatic heterocycles. The third-order valence-electron chi connectivity index (χ3n) is 5.70. The first-order valence-electron chi connectivity index (χ1n) is 8.41. The Hall–Kier alpha value is -0.120. The van der Waals surface area contributed by atoms with Crippen LogP contribution in [0.3, 0.4) is 0 Å². The molecule has 3 heteroatoms. The second kappa shape index (κ2) is 7.05. The van der Waals surface area contributed by atoms with E-state index in [4.69, 9.17) is 5.73 Å². The van der Waals surface area contributed by atoms with E-state index >= 15 is 0 Å². The van der Waals surface area contributed by atoms with Crippen LogP contribution in [-0.4, -0.2) is 54.6 Å². The second-order valence-electron chi connectivity index (χ2n) is 6.57. The molecule has 19 heavy (non-hydrogen) atoms. The van der Waals surface area contributed by atoms with Crippen LogP contribution in [0, 0.1) is 5.92 Å². The minimum Gasteiger partial charge on any atom is -0.329 e. The fraction of sp³-hybridized carbons (Fsp3) is 1.00. The maximum Gasteiger partial charge on any atom is 0.0326 e. The number of likely N-dealkylation sites (tertiary alicyclic amines) is 2. The molecular weight excluding hydrogens is 234 g/mol. The molecule has 2 rings (SSSR count). The third-order valence-corrected chi connectivity index (χ3v) is 5.70. The molecule has 0 aromatic rings. The number of piperidine rings is 1. The van der Waals surface area contributed by atoms with Gasteiger partial charge in [0.05, 0.1) is 0 Å². The SMILES string of the molecule is CCC(CC)(CN)N1CCC(CN2CCCC2)CC1. The van der Waals surface area contributed by atoms with Gasteiger partial charge in [0.1, 0.15) is 0 Å². The first-order chi connectivity index (χ1) is 9.24. The van der Waals surface area contributed by atoms with Gasteiger partial charge in [-0.2, -0.15) is 0 Å². The van der Waals surface area contributed by atoms with Gasteiger partial charge in [-0.05, 0) is 70.6 Å². The maximum absolute atomic E-state index is 6.08. The number of hydrogen-bond donors (Lipinski definition) is 1. The van der Waals surface area contributed by atoms with Gasteiger partial charge >= 0.3 is 0 Å². The molecular formula is C16H33N3. The Bertz CT molecular complexity index is 240. The van der Waals surface area contributed by atoms with Gasteiger partial charge in [-0.15, -0.1) is 0 Å². The number of nitrogens with zero attached hydrogens (tertiary/aromatic N) is 2. The molecule has 0 aliphatic carbocycles. The zero-order valence-corrected chi connectivity index (χ0v) is 13.0. The Kier molecular flexibility index (Phi) is 5.67. The van der Waals surface area contributed by atoms with Crippen molar-refractivity contribution in [2.75, 3.05) is 39.3 Å². The molecule has 2 saturated heterocycles. The summed E-state index contributed by atoms with van der Waals surface area (Å²) in [6.07, 6.45) is 7.96.